The summed E-state index contributed by atoms with van der Waals surface area (Å²) in [6.07, 6.45) is 7.60. The standard InChI is InChI=1S/C13H21N3S/c14-10-6-12-2-1-3-13(7-10)16(12)5-4-11-8-17-9-15-11/h8-10,12-13H,1-7,14H2. The number of aromatic nitrogens is 1. The van der Waals surface area contributed by atoms with E-state index in [2.05, 4.69) is 15.3 Å². The van der Waals surface area contributed by atoms with Gasteiger partial charge in [-0.2, -0.15) is 0 Å². The third-order valence-corrected chi connectivity index (χ3v) is 4.91. The Morgan fingerprint density at radius 2 is 2.12 bits per heavy atom. The topological polar surface area (TPSA) is 42.1 Å². The van der Waals surface area contributed by atoms with Crippen LogP contribution in [0.1, 0.15) is 37.8 Å². The number of hydrogen-bond acceptors (Lipinski definition) is 4. The number of fused-ring (bicyclic) bond motifs is 2. The average molecular weight is 251 g/mol. The van der Waals surface area contributed by atoms with E-state index in [-0.39, 0.29) is 0 Å². The van der Waals surface area contributed by atoms with E-state index in [9.17, 15) is 0 Å². The molecule has 4 heteroatoms. The lowest BCUT2D eigenvalue weighted by molar-refractivity contribution is 0.0326. The molecule has 2 atom stereocenters. The summed E-state index contributed by atoms with van der Waals surface area (Å²) in [5, 5.41) is 2.17. The van der Waals surface area contributed by atoms with E-state index in [1.807, 2.05) is 5.51 Å². The van der Waals surface area contributed by atoms with Crippen LogP contribution < -0.4 is 5.73 Å². The summed E-state index contributed by atoms with van der Waals surface area (Å²) >= 11 is 1.70. The van der Waals surface area contributed by atoms with Crippen LogP contribution >= 0.6 is 11.3 Å². The van der Waals surface area contributed by atoms with Crippen LogP contribution in [-0.4, -0.2) is 34.6 Å². The van der Waals surface area contributed by atoms with Crippen molar-refractivity contribution in [2.75, 3.05) is 6.54 Å². The first-order chi connectivity index (χ1) is 8.33. The van der Waals surface area contributed by atoms with E-state index in [4.69, 9.17) is 5.73 Å². The van der Waals surface area contributed by atoms with Gasteiger partial charge in [0.15, 0.2) is 0 Å². The predicted molar refractivity (Wildman–Crippen MR) is 71.2 cm³/mol. The highest BCUT2D eigenvalue weighted by Gasteiger charge is 2.36. The van der Waals surface area contributed by atoms with Gasteiger partial charge in [-0.05, 0) is 25.7 Å². The van der Waals surface area contributed by atoms with Gasteiger partial charge < -0.3 is 5.73 Å². The number of piperidine rings is 2. The Hall–Kier alpha value is -0.450. The number of rotatable bonds is 3. The summed E-state index contributed by atoms with van der Waals surface area (Å²) in [6, 6.07) is 1.94. The second kappa shape index (κ2) is 5.04. The van der Waals surface area contributed by atoms with Gasteiger partial charge in [0.25, 0.3) is 0 Å². The van der Waals surface area contributed by atoms with Crippen LogP contribution in [0, 0.1) is 0 Å². The molecule has 0 aliphatic carbocycles. The van der Waals surface area contributed by atoms with Crippen molar-refractivity contribution in [3.05, 3.63) is 16.6 Å². The average Bonchev–Trinajstić information content (AvgIpc) is 2.79. The summed E-state index contributed by atoms with van der Waals surface area (Å²) in [5.74, 6) is 0. The maximum atomic E-state index is 6.14. The quantitative estimate of drug-likeness (QED) is 0.894. The van der Waals surface area contributed by atoms with Gasteiger partial charge >= 0.3 is 0 Å². The lowest BCUT2D eigenvalue weighted by Crippen LogP contribution is -2.55. The van der Waals surface area contributed by atoms with E-state index in [1.165, 1.54) is 44.3 Å². The fourth-order valence-corrected chi connectivity index (χ4v) is 4.08. The van der Waals surface area contributed by atoms with Gasteiger partial charge in [-0.15, -0.1) is 11.3 Å². The van der Waals surface area contributed by atoms with Crippen LogP contribution in [-0.2, 0) is 6.42 Å². The van der Waals surface area contributed by atoms with E-state index >= 15 is 0 Å². The van der Waals surface area contributed by atoms with Crippen LogP contribution in [0.4, 0.5) is 0 Å². The van der Waals surface area contributed by atoms with Crippen molar-refractivity contribution in [3.8, 4) is 0 Å². The molecule has 0 saturated carbocycles. The molecule has 0 spiro atoms. The normalized spacial score (nSPS) is 33.8. The molecule has 2 N–H and O–H groups in total. The van der Waals surface area contributed by atoms with Crippen LogP contribution in [0.15, 0.2) is 10.9 Å². The zero-order chi connectivity index (χ0) is 11.7. The second-order valence-corrected chi connectivity index (χ2v) is 6.16. The van der Waals surface area contributed by atoms with Crippen molar-refractivity contribution in [1.82, 2.24) is 9.88 Å². The summed E-state index contributed by atoms with van der Waals surface area (Å²) < 4.78 is 0. The molecule has 3 nitrogen and oxygen atoms in total. The molecule has 2 fully saturated rings. The minimum absolute atomic E-state index is 0.445. The third kappa shape index (κ3) is 2.54. The zero-order valence-corrected chi connectivity index (χ0v) is 11.0. The monoisotopic (exact) mass is 251 g/mol. The highest BCUT2D eigenvalue weighted by Crippen LogP contribution is 2.33. The fraction of sp³-hybridized carbons (Fsp3) is 0.769. The Labute approximate surface area is 107 Å². The first-order valence-electron chi connectivity index (χ1n) is 6.71. The van der Waals surface area contributed by atoms with Gasteiger partial charge in [0, 0.05) is 36.5 Å². The molecule has 94 valence electrons. The Kier molecular flexibility index (Phi) is 3.45. The van der Waals surface area contributed by atoms with Gasteiger partial charge in [-0.1, -0.05) is 6.42 Å². The molecule has 2 aliphatic rings. The fourth-order valence-electron chi connectivity index (χ4n) is 3.49. The lowest BCUT2D eigenvalue weighted by atomic mass is 9.82. The van der Waals surface area contributed by atoms with Crippen molar-refractivity contribution < 1.29 is 0 Å². The van der Waals surface area contributed by atoms with Crippen molar-refractivity contribution in [1.29, 1.82) is 0 Å². The van der Waals surface area contributed by atoms with Crippen molar-refractivity contribution in [2.24, 2.45) is 5.73 Å². The Morgan fingerprint density at radius 1 is 1.35 bits per heavy atom. The van der Waals surface area contributed by atoms with Crippen molar-refractivity contribution in [3.63, 3.8) is 0 Å². The molecular formula is C13H21N3S. The van der Waals surface area contributed by atoms with E-state index < -0.39 is 0 Å². The minimum atomic E-state index is 0.445. The first kappa shape index (κ1) is 11.6. The largest absolute Gasteiger partial charge is 0.328 e. The molecule has 2 unspecified atom stereocenters. The molecule has 1 aromatic rings. The molecule has 2 bridgehead atoms. The smallest absolute Gasteiger partial charge is 0.0794 e. The Bertz CT molecular complexity index is 338. The summed E-state index contributed by atoms with van der Waals surface area (Å²) in [4.78, 5) is 7.09. The van der Waals surface area contributed by atoms with Crippen molar-refractivity contribution in [2.45, 2.75) is 56.7 Å². The Balaban J connectivity index is 1.62. The molecule has 2 saturated heterocycles. The van der Waals surface area contributed by atoms with Gasteiger partial charge in [0.05, 0.1) is 11.2 Å². The summed E-state index contributed by atoms with van der Waals surface area (Å²) in [6.45, 7) is 1.17. The van der Waals surface area contributed by atoms with E-state index in [1.54, 1.807) is 11.3 Å². The van der Waals surface area contributed by atoms with Crippen molar-refractivity contribution >= 4 is 11.3 Å². The maximum absolute atomic E-state index is 6.14. The number of thiazole rings is 1. The molecule has 1 aromatic heterocycles. The van der Waals surface area contributed by atoms with E-state index in [0.29, 0.717) is 6.04 Å². The highest BCUT2D eigenvalue weighted by molar-refractivity contribution is 7.07. The third-order valence-electron chi connectivity index (χ3n) is 4.27. The highest BCUT2D eigenvalue weighted by atomic mass is 32.1. The lowest BCUT2D eigenvalue weighted by Gasteiger charge is -2.48. The number of nitrogens with zero attached hydrogens (tertiary/aromatic N) is 2. The number of hydrogen-bond donors (Lipinski definition) is 1. The van der Waals surface area contributed by atoms with Crippen LogP contribution in [0.3, 0.4) is 0 Å². The summed E-state index contributed by atoms with van der Waals surface area (Å²) in [5.41, 5.74) is 9.33. The molecule has 3 rings (SSSR count). The molecule has 0 radical (unpaired) electrons. The predicted octanol–water partition coefficient (Wildman–Crippen LogP) is 2.03. The van der Waals surface area contributed by atoms with Gasteiger partial charge in [0.1, 0.15) is 0 Å². The van der Waals surface area contributed by atoms with Crippen LogP contribution in [0.25, 0.3) is 0 Å². The first-order valence-corrected chi connectivity index (χ1v) is 7.65. The second-order valence-electron chi connectivity index (χ2n) is 5.44. The maximum Gasteiger partial charge on any atom is 0.0794 e. The summed E-state index contributed by atoms with van der Waals surface area (Å²) in [7, 11) is 0. The van der Waals surface area contributed by atoms with Gasteiger partial charge in [-0.25, -0.2) is 4.98 Å². The minimum Gasteiger partial charge on any atom is -0.328 e. The SMILES string of the molecule is NC1CC2CCCC(C1)N2CCc1cscn1. The van der Waals surface area contributed by atoms with Gasteiger partial charge in [-0.3, -0.25) is 4.90 Å². The zero-order valence-electron chi connectivity index (χ0n) is 10.2. The number of nitrogens with two attached hydrogens (primary N) is 1. The molecule has 3 heterocycles. The van der Waals surface area contributed by atoms with Gasteiger partial charge in [0.2, 0.25) is 0 Å². The van der Waals surface area contributed by atoms with Crippen LogP contribution in [0.5, 0.6) is 0 Å². The molecule has 0 amide bonds. The van der Waals surface area contributed by atoms with E-state index in [0.717, 1.165) is 18.5 Å². The molecule has 2 aliphatic heterocycles. The Morgan fingerprint density at radius 3 is 2.76 bits per heavy atom. The molecular weight excluding hydrogens is 230 g/mol. The molecule has 0 aromatic carbocycles. The molecule has 17 heavy (non-hydrogen) atoms. The van der Waals surface area contributed by atoms with Crippen LogP contribution in [0.2, 0.25) is 0 Å².